The number of carbonyl (C=O) groups is 2. The van der Waals surface area contributed by atoms with Crippen molar-refractivity contribution < 1.29 is 18.7 Å². The van der Waals surface area contributed by atoms with E-state index in [4.69, 9.17) is 0 Å². The highest BCUT2D eigenvalue weighted by Crippen LogP contribution is 1.95. The van der Waals surface area contributed by atoms with E-state index in [1.807, 2.05) is 0 Å². The zero-order chi connectivity index (χ0) is 8.85. The first-order valence-electron chi connectivity index (χ1n) is 3.01. The molecule has 0 aromatic carbocycles. The van der Waals surface area contributed by atoms with E-state index in [9.17, 15) is 14.0 Å². The topological polar surface area (TPSA) is 43.4 Å². The van der Waals surface area contributed by atoms with E-state index >= 15 is 0 Å². The van der Waals surface area contributed by atoms with Gasteiger partial charge in [-0.3, -0.25) is 4.79 Å². The van der Waals surface area contributed by atoms with Gasteiger partial charge >= 0.3 is 5.97 Å². The number of halogens is 1. The van der Waals surface area contributed by atoms with Crippen LogP contribution in [0.15, 0.2) is 12.7 Å². The molecular weight excluding hydrogens is 151 g/mol. The fourth-order valence-corrected chi connectivity index (χ4v) is 0.380. The summed E-state index contributed by atoms with van der Waals surface area (Å²) >= 11 is 0. The molecule has 62 valence electrons. The highest BCUT2D eigenvalue weighted by atomic mass is 19.1. The lowest BCUT2D eigenvalue weighted by Gasteiger charge is -2.02. The van der Waals surface area contributed by atoms with E-state index in [0.717, 1.165) is 6.92 Å². The second-order valence-corrected chi connectivity index (χ2v) is 1.89. The summed E-state index contributed by atoms with van der Waals surface area (Å²) in [5, 5.41) is 0. The molecule has 0 aromatic rings. The summed E-state index contributed by atoms with van der Waals surface area (Å²) in [4.78, 5) is 20.7. The lowest BCUT2D eigenvalue weighted by atomic mass is 10.3. The van der Waals surface area contributed by atoms with Crippen LogP contribution in [0.1, 0.15) is 6.92 Å². The number of ether oxygens (including phenoxy) is 1. The molecule has 1 unspecified atom stereocenters. The Kier molecular flexibility index (Phi) is 4.10. The molecule has 0 aliphatic rings. The molecular formula is C7H9FO3. The van der Waals surface area contributed by atoms with Crippen LogP contribution >= 0.6 is 0 Å². The zero-order valence-electron chi connectivity index (χ0n) is 6.17. The molecule has 0 saturated heterocycles. The quantitative estimate of drug-likeness (QED) is 0.344. The van der Waals surface area contributed by atoms with E-state index < -0.39 is 17.9 Å². The number of alkyl halides is 1. The average molecular weight is 160 g/mol. The molecule has 0 amide bonds. The third-order valence-electron chi connectivity index (χ3n) is 0.907. The molecule has 0 fully saturated rings. The van der Waals surface area contributed by atoms with E-state index in [-0.39, 0.29) is 6.61 Å². The summed E-state index contributed by atoms with van der Waals surface area (Å²) in [6.07, 6.45) is -0.861. The van der Waals surface area contributed by atoms with E-state index in [2.05, 4.69) is 11.3 Å². The molecule has 0 radical (unpaired) electrons. The Bertz CT molecular complexity index is 177. The van der Waals surface area contributed by atoms with Crippen LogP contribution in [-0.2, 0) is 14.3 Å². The van der Waals surface area contributed by atoms with Crippen LogP contribution in [0, 0.1) is 0 Å². The summed E-state index contributed by atoms with van der Waals surface area (Å²) in [6.45, 7) is 4.16. The first-order chi connectivity index (χ1) is 5.09. The molecule has 4 heteroatoms. The average Bonchev–Trinajstić information content (AvgIpc) is 1.98. The van der Waals surface area contributed by atoms with Crippen LogP contribution in [0.3, 0.4) is 0 Å². The molecule has 11 heavy (non-hydrogen) atoms. The normalized spacial score (nSPS) is 11.8. The standard InChI is InChI=1S/C7H9FO3/c1-3-4-11-7(10)6(8)5(2)9/h3,6H,1,4H2,2H3. The SMILES string of the molecule is C=CCOC(=O)C(F)C(C)=O. The third-order valence-corrected chi connectivity index (χ3v) is 0.907. The molecule has 0 bridgehead atoms. The number of rotatable bonds is 4. The molecule has 0 spiro atoms. The maximum Gasteiger partial charge on any atom is 0.348 e. The lowest BCUT2D eigenvalue weighted by molar-refractivity contribution is -0.151. The Hall–Kier alpha value is -1.19. The highest BCUT2D eigenvalue weighted by Gasteiger charge is 2.23. The summed E-state index contributed by atoms with van der Waals surface area (Å²) in [5.74, 6) is -2.00. The number of hydrogen-bond donors (Lipinski definition) is 0. The number of esters is 1. The van der Waals surface area contributed by atoms with Gasteiger partial charge in [-0.2, -0.15) is 0 Å². The van der Waals surface area contributed by atoms with Gasteiger partial charge in [-0.25, -0.2) is 9.18 Å². The molecule has 0 N–H and O–H groups in total. The van der Waals surface area contributed by atoms with Crippen LogP contribution in [0.25, 0.3) is 0 Å². The minimum Gasteiger partial charge on any atom is -0.459 e. The van der Waals surface area contributed by atoms with Gasteiger partial charge < -0.3 is 4.74 Å². The first kappa shape index (κ1) is 9.81. The monoisotopic (exact) mass is 160 g/mol. The number of ketones is 1. The summed E-state index contributed by atoms with van der Waals surface area (Å²) < 4.78 is 16.6. The van der Waals surface area contributed by atoms with Gasteiger partial charge in [0.2, 0.25) is 0 Å². The van der Waals surface area contributed by atoms with Crippen molar-refractivity contribution in [1.82, 2.24) is 0 Å². The third kappa shape index (κ3) is 3.50. The van der Waals surface area contributed by atoms with Gasteiger partial charge in [0, 0.05) is 0 Å². The molecule has 0 rings (SSSR count). The van der Waals surface area contributed by atoms with E-state index in [1.54, 1.807) is 0 Å². The van der Waals surface area contributed by atoms with Crippen LogP contribution in [-0.4, -0.2) is 24.5 Å². The maximum atomic E-state index is 12.4. The van der Waals surface area contributed by atoms with Crippen molar-refractivity contribution in [2.75, 3.05) is 6.61 Å². The van der Waals surface area contributed by atoms with Crippen LogP contribution < -0.4 is 0 Å². The van der Waals surface area contributed by atoms with Crippen LogP contribution in [0.5, 0.6) is 0 Å². The Morgan fingerprint density at radius 1 is 1.73 bits per heavy atom. The van der Waals surface area contributed by atoms with Crippen molar-refractivity contribution in [2.45, 2.75) is 13.1 Å². The summed E-state index contributed by atoms with van der Waals surface area (Å²) in [6, 6.07) is 0. The van der Waals surface area contributed by atoms with Crippen molar-refractivity contribution in [3.63, 3.8) is 0 Å². The molecule has 0 aliphatic carbocycles. The second kappa shape index (κ2) is 4.60. The number of hydrogen-bond acceptors (Lipinski definition) is 3. The molecule has 0 aliphatic heterocycles. The van der Waals surface area contributed by atoms with Gasteiger partial charge in [0.1, 0.15) is 6.61 Å². The molecule has 1 atom stereocenters. The van der Waals surface area contributed by atoms with Crippen molar-refractivity contribution in [3.8, 4) is 0 Å². The molecule has 3 nitrogen and oxygen atoms in total. The molecule has 0 saturated carbocycles. The Morgan fingerprint density at radius 3 is 2.64 bits per heavy atom. The van der Waals surface area contributed by atoms with Crippen LogP contribution in [0.4, 0.5) is 4.39 Å². The smallest absolute Gasteiger partial charge is 0.348 e. The van der Waals surface area contributed by atoms with Crippen molar-refractivity contribution in [2.24, 2.45) is 0 Å². The predicted octanol–water partition coefficient (Wildman–Crippen LogP) is 0.643. The summed E-state index contributed by atoms with van der Waals surface area (Å²) in [7, 11) is 0. The molecule has 0 aromatic heterocycles. The van der Waals surface area contributed by atoms with Crippen molar-refractivity contribution >= 4 is 11.8 Å². The largest absolute Gasteiger partial charge is 0.459 e. The van der Waals surface area contributed by atoms with Gasteiger partial charge in [-0.15, -0.1) is 0 Å². The Labute approximate surface area is 63.8 Å². The minimum atomic E-state index is -2.16. The van der Waals surface area contributed by atoms with Crippen LogP contribution in [0.2, 0.25) is 0 Å². The zero-order valence-corrected chi connectivity index (χ0v) is 6.17. The van der Waals surface area contributed by atoms with E-state index in [0.29, 0.717) is 0 Å². The van der Waals surface area contributed by atoms with Gasteiger partial charge in [-0.1, -0.05) is 12.7 Å². The van der Waals surface area contributed by atoms with Gasteiger partial charge in [0.15, 0.2) is 5.78 Å². The highest BCUT2D eigenvalue weighted by molar-refractivity contribution is 6.00. The van der Waals surface area contributed by atoms with Gasteiger partial charge in [0.05, 0.1) is 0 Å². The van der Waals surface area contributed by atoms with Crippen molar-refractivity contribution in [1.29, 1.82) is 0 Å². The predicted molar refractivity (Wildman–Crippen MR) is 36.7 cm³/mol. The van der Waals surface area contributed by atoms with Gasteiger partial charge in [0.25, 0.3) is 6.17 Å². The summed E-state index contributed by atoms with van der Waals surface area (Å²) in [5.41, 5.74) is 0. The number of Topliss-reactive ketones (excluding diaryl/α,β-unsaturated/α-hetero) is 1. The minimum absolute atomic E-state index is 0.0769. The maximum absolute atomic E-state index is 12.4. The Morgan fingerprint density at radius 2 is 2.27 bits per heavy atom. The number of carbonyl (C=O) groups excluding carboxylic acids is 2. The fraction of sp³-hybridized carbons (Fsp3) is 0.429. The van der Waals surface area contributed by atoms with Gasteiger partial charge in [-0.05, 0) is 6.92 Å². The lowest BCUT2D eigenvalue weighted by Crippen LogP contribution is -2.25. The fourth-order valence-electron chi connectivity index (χ4n) is 0.380. The second-order valence-electron chi connectivity index (χ2n) is 1.89. The Balaban J connectivity index is 3.82. The first-order valence-corrected chi connectivity index (χ1v) is 3.01. The van der Waals surface area contributed by atoms with E-state index in [1.165, 1.54) is 6.08 Å². The van der Waals surface area contributed by atoms with Crippen molar-refractivity contribution in [3.05, 3.63) is 12.7 Å². The molecule has 0 heterocycles.